The van der Waals surface area contributed by atoms with E-state index in [1.807, 2.05) is 6.79 Å². The molecule has 0 saturated heterocycles. The lowest BCUT2D eigenvalue weighted by molar-refractivity contribution is -0.153. The Morgan fingerprint density at radius 3 is 1.54 bits per heavy atom. The van der Waals surface area contributed by atoms with Crippen LogP contribution in [0.5, 0.6) is 0 Å². The van der Waals surface area contributed by atoms with Gasteiger partial charge in [-0.05, 0) is 6.42 Å². The van der Waals surface area contributed by atoms with Gasteiger partial charge in [0.25, 0.3) is 6.47 Å². The zero-order chi connectivity index (χ0) is 28.6. The van der Waals surface area contributed by atoms with Gasteiger partial charge in [-0.3, -0.25) is 28.8 Å². The van der Waals surface area contributed by atoms with Crippen LogP contribution in [0.15, 0.2) is 0 Å². The van der Waals surface area contributed by atoms with Crippen LogP contribution in [0.3, 0.4) is 0 Å². The fourth-order valence-electron chi connectivity index (χ4n) is 1.67. The Kier molecular flexibility index (Phi) is 27.4. The number of hydrogen-bond acceptors (Lipinski definition) is 13. The zero-order valence-electron chi connectivity index (χ0n) is 18.3. The average molecular weight is 518 g/mol. The number of aliphatic carboxylic acids is 5. The van der Waals surface area contributed by atoms with Gasteiger partial charge in [-0.1, -0.05) is 0 Å². The molecule has 0 radical (unpaired) electrons. The number of aliphatic hydroxyl groups excluding tert-OH is 3. The lowest BCUT2D eigenvalue weighted by atomic mass is 10.0. The molecule has 0 amide bonds. The summed E-state index contributed by atoms with van der Waals surface area (Å²) >= 11 is 0. The number of carbonyl (C=O) groups is 7. The maximum absolute atomic E-state index is 10.5. The van der Waals surface area contributed by atoms with Gasteiger partial charge in [0, 0.05) is 6.61 Å². The van der Waals surface area contributed by atoms with Crippen LogP contribution in [0.2, 0.25) is 0 Å². The average Bonchev–Trinajstić information content (AvgIpc) is 2.78. The topological polar surface area (TPSA) is 320 Å². The molecule has 0 bridgehead atoms. The smallest absolute Gasteiger partial charge is 0.324 e. The highest BCUT2D eigenvalue weighted by Crippen LogP contribution is 2.07. The normalized spacial score (nSPS) is 11.9. The first-order chi connectivity index (χ1) is 16.3. The maximum Gasteiger partial charge on any atom is 0.324 e. The van der Waals surface area contributed by atoms with E-state index in [0.29, 0.717) is 0 Å². The molecule has 0 fully saturated rings. The number of carboxylic acid groups (broad SMARTS) is 5. The molecule has 0 spiro atoms. The second-order valence-electron chi connectivity index (χ2n) is 5.84. The highest BCUT2D eigenvalue weighted by Gasteiger charge is 2.27. The Bertz CT molecular complexity index is 640. The van der Waals surface area contributed by atoms with Crippen LogP contribution < -0.4 is 5.73 Å². The third-order valence-corrected chi connectivity index (χ3v) is 3.37. The van der Waals surface area contributed by atoms with E-state index in [0.717, 1.165) is 4.90 Å². The maximum atomic E-state index is 10.5. The summed E-state index contributed by atoms with van der Waals surface area (Å²) in [5.41, 5.74) is 4.92. The molecule has 0 aliphatic carbocycles. The van der Waals surface area contributed by atoms with E-state index in [9.17, 15) is 28.8 Å². The van der Waals surface area contributed by atoms with Gasteiger partial charge >= 0.3 is 29.8 Å². The van der Waals surface area contributed by atoms with E-state index in [2.05, 4.69) is 4.74 Å². The summed E-state index contributed by atoms with van der Waals surface area (Å²) in [5, 5.41) is 67.0. The first-order valence-corrected chi connectivity index (χ1v) is 9.07. The molecule has 0 heterocycles. The standard InChI is InChI=1S/C6H11NO6.C6H10O5.C4H7NO4.CH2O/c8-2-7(3-9)4(6(12)13)1-5(10)11;7-2-1-4(6(10)11)3-5(8)9;5-3(4(7)8)1-9-2-6;1-2/h4,8-9H,1-3H2,(H,10,11)(H,12,13);4,7H,1-3H2,(H,8,9)(H,10,11);2-3H,1,5H2,(H,7,8);1H2. The van der Waals surface area contributed by atoms with Crippen LogP contribution in [-0.4, -0.2) is 128 Å². The highest BCUT2D eigenvalue weighted by atomic mass is 16.5. The summed E-state index contributed by atoms with van der Waals surface area (Å²) < 4.78 is 4.07. The summed E-state index contributed by atoms with van der Waals surface area (Å²) in [6, 6.07) is -2.53. The molecule has 0 aliphatic rings. The number of nitrogens with two attached hydrogens (primary N) is 1. The van der Waals surface area contributed by atoms with Gasteiger partial charge in [-0.2, -0.15) is 0 Å². The summed E-state index contributed by atoms with van der Waals surface area (Å²) in [6.45, 7) is 0.160. The van der Waals surface area contributed by atoms with Crippen LogP contribution in [0.4, 0.5) is 0 Å². The number of carboxylic acids is 5. The van der Waals surface area contributed by atoms with Crippen molar-refractivity contribution in [3.05, 3.63) is 0 Å². The first kappa shape index (κ1) is 38.5. The van der Waals surface area contributed by atoms with Crippen LogP contribution in [-0.2, 0) is 38.3 Å². The fraction of sp³-hybridized carbons (Fsp3) is 0.588. The molecule has 0 aromatic heterocycles. The van der Waals surface area contributed by atoms with Gasteiger partial charge < -0.3 is 56.1 Å². The van der Waals surface area contributed by atoms with E-state index in [4.69, 9.17) is 51.4 Å². The zero-order valence-corrected chi connectivity index (χ0v) is 18.3. The SMILES string of the molecule is C=O.NC(COC=O)C(=O)O.O=C(O)CC(C(=O)O)N(CO)CO.O=C(O)CC(CCO)C(=O)O. The largest absolute Gasteiger partial charge is 0.481 e. The number of ether oxygens (including phenoxy) is 1. The van der Waals surface area contributed by atoms with Gasteiger partial charge in [-0.15, -0.1) is 0 Å². The molecule has 3 unspecified atom stereocenters. The predicted molar refractivity (Wildman–Crippen MR) is 110 cm³/mol. The van der Waals surface area contributed by atoms with E-state index < -0.39 is 74.2 Å². The number of aliphatic hydroxyl groups is 3. The summed E-state index contributed by atoms with van der Waals surface area (Å²) in [5.74, 6) is -7.20. The van der Waals surface area contributed by atoms with E-state index >= 15 is 0 Å². The second kappa shape index (κ2) is 24.9. The van der Waals surface area contributed by atoms with Gasteiger partial charge in [0.15, 0.2) is 0 Å². The van der Waals surface area contributed by atoms with Crippen molar-refractivity contribution in [2.24, 2.45) is 11.7 Å². The van der Waals surface area contributed by atoms with Gasteiger partial charge in [-0.25, -0.2) is 4.90 Å². The van der Waals surface area contributed by atoms with Crippen molar-refractivity contribution < 1.29 is 79.2 Å². The summed E-state index contributed by atoms with van der Waals surface area (Å²) in [4.78, 5) is 69.0. The number of carbonyl (C=O) groups excluding carboxylic acids is 2. The van der Waals surface area contributed by atoms with Crippen molar-refractivity contribution in [2.75, 3.05) is 26.7 Å². The third kappa shape index (κ3) is 24.8. The highest BCUT2D eigenvalue weighted by molar-refractivity contribution is 5.80. The van der Waals surface area contributed by atoms with Crippen LogP contribution in [0.25, 0.3) is 0 Å². The Morgan fingerprint density at radius 2 is 1.29 bits per heavy atom. The molecule has 3 atom stereocenters. The van der Waals surface area contributed by atoms with Gasteiger partial charge in [0.05, 0.1) is 32.2 Å². The minimum atomic E-state index is -1.41. The Labute approximate surface area is 197 Å². The summed E-state index contributed by atoms with van der Waals surface area (Å²) in [6.07, 6.45) is -1.12. The number of hydrogen-bond donors (Lipinski definition) is 9. The third-order valence-electron chi connectivity index (χ3n) is 3.37. The van der Waals surface area contributed by atoms with Crippen molar-refractivity contribution in [1.29, 1.82) is 0 Å². The van der Waals surface area contributed by atoms with Gasteiger partial charge in [0.1, 0.15) is 25.5 Å². The minimum absolute atomic E-state index is 0.0123. The van der Waals surface area contributed by atoms with Crippen LogP contribution >= 0.6 is 0 Å². The molecule has 0 aromatic carbocycles. The molecular weight excluding hydrogens is 488 g/mol. The summed E-state index contributed by atoms with van der Waals surface area (Å²) in [7, 11) is 0. The van der Waals surface area contributed by atoms with Crippen LogP contribution in [0, 0.1) is 5.92 Å². The van der Waals surface area contributed by atoms with E-state index in [1.165, 1.54) is 0 Å². The molecular formula is C17H30N2O16. The molecule has 10 N–H and O–H groups in total. The number of rotatable bonds is 15. The van der Waals surface area contributed by atoms with Gasteiger partial charge in [0.2, 0.25) is 0 Å². The van der Waals surface area contributed by atoms with E-state index in [1.54, 1.807) is 0 Å². The molecule has 0 aromatic rings. The van der Waals surface area contributed by atoms with Crippen molar-refractivity contribution in [2.45, 2.75) is 31.3 Å². The fourth-order valence-corrected chi connectivity index (χ4v) is 1.67. The van der Waals surface area contributed by atoms with Crippen molar-refractivity contribution in [3.8, 4) is 0 Å². The van der Waals surface area contributed by atoms with Crippen molar-refractivity contribution >= 4 is 43.1 Å². The molecule has 35 heavy (non-hydrogen) atoms. The Morgan fingerprint density at radius 1 is 0.829 bits per heavy atom. The molecule has 18 heteroatoms. The number of nitrogens with zero attached hydrogens (tertiary/aromatic N) is 1. The van der Waals surface area contributed by atoms with Crippen molar-refractivity contribution in [3.63, 3.8) is 0 Å². The van der Waals surface area contributed by atoms with E-state index in [-0.39, 0.29) is 26.1 Å². The second-order valence-corrected chi connectivity index (χ2v) is 5.84. The lowest BCUT2D eigenvalue weighted by Gasteiger charge is -2.22. The lowest BCUT2D eigenvalue weighted by Crippen LogP contribution is -2.43. The Hall–Kier alpha value is -3.71. The molecule has 18 nitrogen and oxygen atoms in total. The molecule has 0 saturated carbocycles. The molecule has 0 rings (SSSR count). The molecule has 204 valence electrons. The minimum Gasteiger partial charge on any atom is -0.481 e. The quantitative estimate of drug-likeness (QED) is 0.0737. The molecule has 0 aliphatic heterocycles. The Balaban J connectivity index is -0.000000202. The van der Waals surface area contributed by atoms with Crippen LogP contribution in [0.1, 0.15) is 19.3 Å². The monoisotopic (exact) mass is 518 g/mol. The first-order valence-electron chi connectivity index (χ1n) is 9.07. The van der Waals surface area contributed by atoms with Crippen molar-refractivity contribution in [1.82, 2.24) is 4.90 Å². The predicted octanol–water partition coefficient (Wildman–Crippen LogP) is -3.95.